The zero-order valence-electron chi connectivity index (χ0n) is 16.3. The van der Waals surface area contributed by atoms with Crippen molar-refractivity contribution in [2.24, 2.45) is 4.99 Å². The first-order chi connectivity index (χ1) is 13.8. The molecular weight excluding hydrogens is 352 g/mol. The summed E-state index contributed by atoms with van der Waals surface area (Å²) >= 11 is 0. The fourth-order valence-corrected chi connectivity index (χ4v) is 3.86. The topological polar surface area (TPSA) is 68.4 Å². The lowest BCUT2D eigenvalue weighted by atomic mass is 10.0. The van der Waals surface area contributed by atoms with Gasteiger partial charge in [0.2, 0.25) is 5.95 Å². The van der Waals surface area contributed by atoms with Gasteiger partial charge in [-0.15, -0.1) is 0 Å². The number of anilines is 1. The average molecular weight is 376 g/mol. The highest BCUT2D eigenvalue weighted by Crippen LogP contribution is 2.33. The largest absolute Gasteiger partial charge is 0.378 e. The van der Waals surface area contributed by atoms with Crippen LogP contribution in [0.4, 0.5) is 5.95 Å². The van der Waals surface area contributed by atoms with Crippen LogP contribution in [0.15, 0.2) is 29.5 Å². The van der Waals surface area contributed by atoms with Gasteiger partial charge in [0.05, 0.1) is 26.1 Å². The Labute approximate surface area is 164 Å². The van der Waals surface area contributed by atoms with E-state index in [-0.39, 0.29) is 0 Å². The van der Waals surface area contributed by atoms with Gasteiger partial charge in [-0.2, -0.15) is 4.98 Å². The van der Waals surface area contributed by atoms with Crippen LogP contribution in [-0.4, -0.2) is 52.0 Å². The number of rotatable bonds is 4. The van der Waals surface area contributed by atoms with Gasteiger partial charge in [-0.05, 0) is 18.9 Å². The predicted molar refractivity (Wildman–Crippen MR) is 110 cm³/mol. The number of benzene rings is 1. The lowest BCUT2D eigenvalue weighted by Gasteiger charge is -2.27. The second-order valence-electron chi connectivity index (χ2n) is 7.40. The maximum absolute atomic E-state index is 5.52. The molecule has 2 aromatic heterocycles. The molecule has 1 unspecified atom stereocenters. The van der Waals surface area contributed by atoms with Crippen LogP contribution < -0.4 is 4.90 Å². The minimum Gasteiger partial charge on any atom is -0.378 e. The molecule has 0 bridgehead atoms. The van der Waals surface area contributed by atoms with E-state index >= 15 is 0 Å². The van der Waals surface area contributed by atoms with E-state index in [1.807, 2.05) is 12.5 Å². The molecule has 1 saturated heterocycles. The van der Waals surface area contributed by atoms with Crippen molar-refractivity contribution in [1.29, 1.82) is 0 Å². The van der Waals surface area contributed by atoms with Crippen LogP contribution in [0, 0.1) is 0 Å². The van der Waals surface area contributed by atoms with E-state index < -0.39 is 0 Å². The van der Waals surface area contributed by atoms with Crippen molar-refractivity contribution in [3.8, 4) is 11.3 Å². The van der Waals surface area contributed by atoms with Crippen molar-refractivity contribution in [2.45, 2.75) is 32.9 Å². The summed E-state index contributed by atoms with van der Waals surface area (Å²) < 4.78 is 7.68. The number of aliphatic imine (C=N–C) groups is 1. The van der Waals surface area contributed by atoms with Crippen molar-refractivity contribution in [3.63, 3.8) is 0 Å². The molecule has 1 aromatic carbocycles. The first kappa shape index (κ1) is 17.3. The van der Waals surface area contributed by atoms with Crippen LogP contribution in [0.5, 0.6) is 0 Å². The van der Waals surface area contributed by atoms with Gasteiger partial charge in [0.15, 0.2) is 5.65 Å². The van der Waals surface area contributed by atoms with Crippen LogP contribution in [0.3, 0.4) is 0 Å². The van der Waals surface area contributed by atoms with Crippen LogP contribution in [-0.2, 0) is 11.3 Å². The van der Waals surface area contributed by atoms with E-state index in [2.05, 4.69) is 46.5 Å². The zero-order chi connectivity index (χ0) is 19.1. The second-order valence-corrected chi connectivity index (χ2v) is 7.40. The minimum atomic E-state index is 0.327. The molecule has 0 N–H and O–H groups in total. The van der Waals surface area contributed by atoms with E-state index in [1.165, 1.54) is 5.56 Å². The van der Waals surface area contributed by atoms with Crippen LogP contribution in [0.2, 0.25) is 0 Å². The number of hydrogen-bond acceptors (Lipinski definition) is 6. The summed E-state index contributed by atoms with van der Waals surface area (Å²) in [6, 6.07) is 6.65. The SMILES string of the molecule is CCC(C)n1cnc2c(-c3cccc4c3C=NC4)nc(N3CCOCC3)nc21. The summed E-state index contributed by atoms with van der Waals surface area (Å²) in [5.41, 5.74) is 6.10. The fourth-order valence-electron chi connectivity index (χ4n) is 3.86. The highest BCUT2D eigenvalue weighted by molar-refractivity contribution is 5.99. The third-order valence-corrected chi connectivity index (χ3v) is 5.70. The molecule has 144 valence electrons. The maximum Gasteiger partial charge on any atom is 0.228 e. The fraction of sp³-hybridized carbons (Fsp3) is 0.429. The molecule has 4 heterocycles. The number of nitrogens with zero attached hydrogens (tertiary/aromatic N) is 6. The maximum atomic E-state index is 5.52. The van der Waals surface area contributed by atoms with Gasteiger partial charge in [0, 0.05) is 36.5 Å². The molecule has 0 spiro atoms. The van der Waals surface area contributed by atoms with Gasteiger partial charge in [-0.1, -0.05) is 25.1 Å². The molecule has 28 heavy (non-hydrogen) atoms. The molecule has 1 fully saturated rings. The van der Waals surface area contributed by atoms with E-state index in [0.717, 1.165) is 60.0 Å². The molecule has 3 aromatic rings. The molecule has 7 nitrogen and oxygen atoms in total. The standard InChI is InChI=1S/C21H24N6O/c1-3-14(2)27-13-23-19-18(16-6-4-5-15-11-22-12-17(15)16)24-21(25-20(19)27)26-7-9-28-10-8-26/h4-6,12-14H,3,7-11H2,1-2H3. The van der Waals surface area contributed by atoms with Gasteiger partial charge in [-0.25, -0.2) is 9.97 Å². The molecule has 0 saturated carbocycles. The van der Waals surface area contributed by atoms with Crippen molar-refractivity contribution in [3.05, 3.63) is 35.7 Å². The Morgan fingerprint density at radius 3 is 2.86 bits per heavy atom. The first-order valence-corrected chi connectivity index (χ1v) is 9.95. The Kier molecular flexibility index (Phi) is 4.31. The number of fused-ring (bicyclic) bond motifs is 2. The van der Waals surface area contributed by atoms with Crippen LogP contribution >= 0.6 is 0 Å². The van der Waals surface area contributed by atoms with Crippen LogP contribution in [0.1, 0.15) is 37.4 Å². The number of aromatic nitrogens is 4. The van der Waals surface area contributed by atoms with Gasteiger partial charge >= 0.3 is 0 Å². The Bertz CT molecular complexity index is 1050. The lowest BCUT2D eigenvalue weighted by molar-refractivity contribution is 0.122. The third kappa shape index (κ3) is 2.77. The summed E-state index contributed by atoms with van der Waals surface area (Å²) in [5.74, 6) is 0.753. The van der Waals surface area contributed by atoms with Crippen LogP contribution in [0.25, 0.3) is 22.4 Å². The minimum absolute atomic E-state index is 0.327. The zero-order valence-corrected chi connectivity index (χ0v) is 16.3. The van der Waals surface area contributed by atoms with Crippen molar-refractivity contribution < 1.29 is 4.74 Å². The van der Waals surface area contributed by atoms with E-state index in [4.69, 9.17) is 19.7 Å². The number of hydrogen-bond donors (Lipinski definition) is 0. The normalized spacial score (nSPS) is 17.3. The summed E-state index contributed by atoms with van der Waals surface area (Å²) in [6.07, 6.45) is 4.88. The highest BCUT2D eigenvalue weighted by atomic mass is 16.5. The molecule has 1 atom stereocenters. The highest BCUT2D eigenvalue weighted by Gasteiger charge is 2.23. The van der Waals surface area contributed by atoms with E-state index in [9.17, 15) is 0 Å². The van der Waals surface area contributed by atoms with E-state index in [0.29, 0.717) is 19.3 Å². The number of ether oxygens (including phenoxy) is 1. The van der Waals surface area contributed by atoms with Crippen molar-refractivity contribution >= 4 is 23.3 Å². The van der Waals surface area contributed by atoms with Crippen molar-refractivity contribution in [1.82, 2.24) is 19.5 Å². The first-order valence-electron chi connectivity index (χ1n) is 9.95. The van der Waals surface area contributed by atoms with E-state index in [1.54, 1.807) is 0 Å². The number of imidazole rings is 1. The average Bonchev–Trinajstić information content (AvgIpc) is 3.40. The monoisotopic (exact) mass is 376 g/mol. The van der Waals surface area contributed by atoms with Gasteiger partial charge < -0.3 is 14.2 Å². The Hall–Kier alpha value is -2.80. The smallest absolute Gasteiger partial charge is 0.228 e. The number of morpholine rings is 1. The summed E-state index contributed by atoms with van der Waals surface area (Å²) in [7, 11) is 0. The Morgan fingerprint density at radius 1 is 1.18 bits per heavy atom. The quantitative estimate of drug-likeness (QED) is 0.699. The van der Waals surface area contributed by atoms with Crippen molar-refractivity contribution in [2.75, 3.05) is 31.2 Å². The molecule has 0 radical (unpaired) electrons. The van der Waals surface area contributed by atoms with Gasteiger partial charge in [0.25, 0.3) is 0 Å². The predicted octanol–water partition coefficient (Wildman–Crippen LogP) is 3.23. The Morgan fingerprint density at radius 2 is 2.04 bits per heavy atom. The summed E-state index contributed by atoms with van der Waals surface area (Å²) in [6.45, 7) is 8.12. The van der Waals surface area contributed by atoms with Gasteiger partial charge in [0.1, 0.15) is 11.2 Å². The molecule has 0 amide bonds. The second kappa shape index (κ2) is 6.98. The molecule has 7 heteroatoms. The third-order valence-electron chi connectivity index (χ3n) is 5.70. The Balaban J connectivity index is 1.74. The molecule has 5 rings (SSSR count). The summed E-state index contributed by atoms with van der Waals surface area (Å²) in [5, 5.41) is 0. The van der Waals surface area contributed by atoms with Gasteiger partial charge in [-0.3, -0.25) is 4.99 Å². The molecular formula is C21H24N6O. The molecule has 2 aliphatic heterocycles. The lowest BCUT2D eigenvalue weighted by Crippen LogP contribution is -2.37. The summed E-state index contributed by atoms with van der Waals surface area (Å²) in [4.78, 5) is 21.3. The molecule has 0 aliphatic carbocycles. The molecule has 2 aliphatic rings.